The minimum Gasteiger partial charge on any atom is -0.469 e. The molecule has 0 radical (unpaired) electrons. The van der Waals surface area contributed by atoms with E-state index in [0.717, 1.165) is 0 Å². The largest absolute Gasteiger partial charge is 0.469 e. The average molecular weight is 319 g/mol. The van der Waals surface area contributed by atoms with Crippen molar-refractivity contribution in [3.63, 3.8) is 0 Å². The monoisotopic (exact) mass is 318 g/mol. The highest BCUT2D eigenvalue weighted by atomic mass is 35.5. The van der Waals surface area contributed by atoms with Gasteiger partial charge in [0.05, 0.1) is 19.6 Å². The SMILES string of the molecule is COC(=O)CC(NC(=O)CC(C)N)c1ccc(F)cc1.Cl. The van der Waals surface area contributed by atoms with E-state index < -0.39 is 12.0 Å². The molecule has 0 aliphatic heterocycles. The summed E-state index contributed by atoms with van der Waals surface area (Å²) < 4.78 is 17.5. The normalized spacial score (nSPS) is 12.8. The molecule has 0 aromatic heterocycles. The zero-order valence-corrected chi connectivity index (χ0v) is 12.8. The van der Waals surface area contributed by atoms with Crippen molar-refractivity contribution in [1.29, 1.82) is 0 Å². The molecule has 2 unspecified atom stereocenters. The zero-order valence-electron chi connectivity index (χ0n) is 12.0. The first-order chi connectivity index (χ1) is 9.42. The summed E-state index contributed by atoms with van der Waals surface area (Å²) >= 11 is 0. The van der Waals surface area contributed by atoms with Gasteiger partial charge in [-0.1, -0.05) is 12.1 Å². The van der Waals surface area contributed by atoms with Crippen LogP contribution in [0.25, 0.3) is 0 Å². The van der Waals surface area contributed by atoms with Crippen LogP contribution in [0.15, 0.2) is 24.3 Å². The third kappa shape index (κ3) is 7.06. The number of carbonyl (C=O) groups is 2. The van der Waals surface area contributed by atoms with Crippen LogP contribution in [0.1, 0.15) is 31.4 Å². The second kappa shape index (κ2) is 9.31. The lowest BCUT2D eigenvalue weighted by atomic mass is 10.0. The van der Waals surface area contributed by atoms with Crippen LogP contribution in [0.3, 0.4) is 0 Å². The first kappa shape index (κ1) is 19.3. The maximum absolute atomic E-state index is 12.9. The Labute approximate surface area is 129 Å². The van der Waals surface area contributed by atoms with Crippen molar-refractivity contribution in [2.75, 3.05) is 7.11 Å². The van der Waals surface area contributed by atoms with Crippen molar-refractivity contribution >= 4 is 24.3 Å². The van der Waals surface area contributed by atoms with Gasteiger partial charge in [0, 0.05) is 12.5 Å². The lowest BCUT2D eigenvalue weighted by Crippen LogP contribution is -2.34. The number of halogens is 2. The second-order valence-corrected chi connectivity index (χ2v) is 4.63. The second-order valence-electron chi connectivity index (χ2n) is 4.63. The van der Waals surface area contributed by atoms with Gasteiger partial charge < -0.3 is 15.8 Å². The smallest absolute Gasteiger partial charge is 0.307 e. The van der Waals surface area contributed by atoms with Gasteiger partial charge in [0.2, 0.25) is 5.91 Å². The van der Waals surface area contributed by atoms with Crippen LogP contribution in [-0.2, 0) is 14.3 Å². The van der Waals surface area contributed by atoms with E-state index in [9.17, 15) is 14.0 Å². The van der Waals surface area contributed by atoms with Crippen LogP contribution in [0.5, 0.6) is 0 Å². The Morgan fingerprint density at radius 1 is 1.29 bits per heavy atom. The standard InChI is InChI=1S/C14H19FN2O3.ClH/c1-9(16)7-13(18)17-12(8-14(19)20-2)10-3-5-11(15)6-4-10;/h3-6,9,12H,7-8,16H2,1-2H3,(H,17,18);1H. The molecule has 1 amide bonds. The molecule has 0 aliphatic carbocycles. The van der Waals surface area contributed by atoms with Gasteiger partial charge in [0.15, 0.2) is 0 Å². The van der Waals surface area contributed by atoms with Crippen LogP contribution >= 0.6 is 12.4 Å². The lowest BCUT2D eigenvalue weighted by molar-refractivity contribution is -0.141. The minimum atomic E-state index is -0.561. The summed E-state index contributed by atoms with van der Waals surface area (Å²) in [5.41, 5.74) is 6.19. The Morgan fingerprint density at radius 2 is 1.86 bits per heavy atom. The van der Waals surface area contributed by atoms with Crippen molar-refractivity contribution < 1.29 is 18.7 Å². The molecule has 1 aromatic carbocycles. The van der Waals surface area contributed by atoms with E-state index in [1.807, 2.05) is 0 Å². The summed E-state index contributed by atoms with van der Waals surface area (Å²) in [4.78, 5) is 23.2. The summed E-state index contributed by atoms with van der Waals surface area (Å²) in [6.45, 7) is 1.72. The predicted molar refractivity (Wildman–Crippen MR) is 79.4 cm³/mol. The molecule has 118 valence electrons. The Morgan fingerprint density at radius 3 is 2.33 bits per heavy atom. The predicted octanol–water partition coefficient (Wildman–Crippen LogP) is 1.71. The Bertz CT molecular complexity index is 466. The fraction of sp³-hybridized carbons (Fsp3) is 0.429. The van der Waals surface area contributed by atoms with Gasteiger partial charge in [-0.2, -0.15) is 0 Å². The number of methoxy groups -OCH3 is 1. The summed E-state index contributed by atoms with van der Waals surface area (Å²) in [7, 11) is 1.27. The molecule has 2 atom stereocenters. The fourth-order valence-corrected chi connectivity index (χ4v) is 1.74. The van der Waals surface area contributed by atoms with Gasteiger partial charge in [-0.15, -0.1) is 12.4 Å². The first-order valence-corrected chi connectivity index (χ1v) is 6.29. The molecule has 5 nitrogen and oxygen atoms in total. The van der Waals surface area contributed by atoms with Crippen LogP contribution in [0, 0.1) is 5.82 Å². The number of amides is 1. The zero-order chi connectivity index (χ0) is 15.1. The Hall–Kier alpha value is -1.66. The minimum absolute atomic E-state index is 0. The van der Waals surface area contributed by atoms with Crippen LogP contribution < -0.4 is 11.1 Å². The number of benzene rings is 1. The van der Waals surface area contributed by atoms with E-state index in [2.05, 4.69) is 10.1 Å². The number of carbonyl (C=O) groups excluding carboxylic acids is 2. The third-order valence-electron chi connectivity index (χ3n) is 2.71. The topological polar surface area (TPSA) is 81.4 Å². The van der Waals surface area contributed by atoms with E-state index in [-0.39, 0.29) is 43.0 Å². The molecule has 0 aliphatic rings. The average Bonchev–Trinajstić information content (AvgIpc) is 2.37. The molecule has 0 saturated heterocycles. The number of hydrogen-bond acceptors (Lipinski definition) is 4. The van der Waals surface area contributed by atoms with Crippen LogP contribution in [-0.4, -0.2) is 25.0 Å². The highest BCUT2D eigenvalue weighted by Gasteiger charge is 2.19. The quantitative estimate of drug-likeness (QED) is 0.782. The van der Waals surface area contributed by atoms with Gasteiger partial charge in [-0.3, -0.25) is 9.59 Å². The molecular weight excluding hydrogens is 299 g/mol. The number of hydrogen-bond donors (Lipinski definition) is 2. The van der Waals surface area contributed by atoms with E-state index in [0.29, 0.717) is 5.56 Å². The van der Waals surface area contributed by atoms with Crippen molar-refractivity contribution in [3.05, 3.63) is 35.6 Å². The van der Waals surface area contributed by atoms with Gasteiger partial charge in [-0.25, -0.2) is 4.39 Å². The number of esters is 1. The van der Waals surface area contributed by atoms with Crippen molar-refractivity contribution in [2.24, 2.45) is 5.73 Å². The van der Waals surface area contributed by atoms with E-state index >= 15 is 0 Å². The van der Waals surface area contributed by atoms with E-state index in [4.69, 9.17) is 5.73 Å². The molecule has 0 spiro atoms. The molecule has 0 bridgehead atoms. The summed E-state index contributed by atoms with van der Waals surface area (Å²) in [6.07, 6.45) is 0.131. The van der Waals surface area contributed by atoms with Gasteiger partial charge >= 0.3 is 5.97 Å². The summed E-state index contributed by atoms with van der Waals surface area (Å²) in [5, 5.41) is 2.71. The number of ether oxygens (including phenoxy) is 1. The van der Waals surface area contributed by atoms with Crippen molar-refractivity contribution in [2.45, 2.75) is 31.8 Å². The number of nitrogens with two attached hydrogens (primary N) is 1. The highest BCUT2D eigenvalue weighted by Crippen LogP contribution is 2.18. The summed E-state index contributed by atoms with van der Waals surface area (Å²) in [5.74, 6) is -1.11. The molecule has 1 aromatic rings. The third-order valence-corrected chi connectivity index (χ3v) is 2.71. The molecule has 0 fully saturated rings. The van der Waals surface area contributed by atoms with Gasteiger partial charge in [0.1, 0.15) is 5.82 Å². The van der Waals surface area contributed by atoms with Crippen molar-refractivity contribution in [1.82, 2.24) is 5.32 Å². The molecule has 0 heterocycles. The van der Waals surface area contributed by atoms with Crippen molar-refractivity contribution in [3.8, 4) is 0 Å². The number of rotatable bonds is 6. The molecule has 0 saturated carbocycles. The van der Waals surface area contributed by atoms with Gasteiger partial charge in [0.25, 0.3) is 0 Å². The molecule has 7 heteroatoms. The maximum Gasteiger partial charge on any atom is 0.307 e. The highest BCUT2D eigenvalue weighted by molar-refractivity contribution is 5.85. The van der Waals surface area contributed by atoms with E-state index in [1.54, 1.807) is 6.92 Å². The molecule has 3 N–H and O–H groups in total. The van der Waals surface area contributed by atoms with Crippen LogP contribution in [0.2, 0.25) is 0 Å². The van der Waals surface area contributed by atoms with Crippen LogP contribution in [0.4, 0.5) is 4.39 Å². The molecule has 21 heavy (non-hydrogen) atoms. The van der Waals surface area contributed by atoms with E-state index in [1.165, 1.54) is 31.4 Å². The molecule has 1 rings (SSSR count). The maximum atomic E-state index is 12.9. The first-order valence-electron chi connectivity index (χ1n) is 6.29. The lowest BCUT2D eigenvalue weighted by Gasteiger charge is -2.19. The molecular formula is C14H20ClFN2O3. The van der Waals surface area contributed by atoms with Gasteiger partial charge in [-0.05, 0) is 24.6 Å². The summed E-state index contributed by atoms with van der Waals surface area (Å²) in [6, 6.07) is 4.76. The Balaban J connectivity index is 0.00000400. The Kier molecular flexibility index (Phi) is 8.57. The fourth-order valence-electron chi connectivity index (χ4n) is 1.74. The number of nitrogens with one attached hydrogen (secondary N) is 1.